The van der Waals surface area contributed by atoms with Crippen molar-refractivity contribution < 1.29 is 9.90 Å². The van der Waals surface area contributed by atoms with Gasteiger partial charge in [0.25, 0.3) is 5.91 Å². The molecule has 1 aliphatic heterocycles. The third-order valence-corrected chi connectivity index (χ3v) is 4.74. The third-order valence-electron chi connectivity index (χ3n) is 4.74. The van der Waals surface area contributed by atoms with E-state index in [1.165, 1.54) is 0 Å². The first-order chi connectivity index (χ1) is 11.0. The predicted molar refractivity (Wildman–Crippen MR) is 87.5 cm³/mol. The number of carbonyl (C=O) groups excluding carboxylic acids is 1. The van der Waals surface area contributed by atoms with Crippen LogP contribution < -0.4 is 10.2 Å². The molecule has 2 N–H and O–H groups in total. The molecule has 1 amide bonds. The van der Waals surface area contributed by atoms with Crippen molar-refractivity contribution in [3.05, 3.63) is 30.1 Å². The Hall–Kier alpha value is -2.21. The minimum absolute atomic E-state index is 0.0336. The molecule has 1 saturated carbocycles. The summed E-state index contributed by atoms with van der Waals surface area (Å²) >= 11 is 0. The van der Waals surface area contributed by atoms with Gasteiger partial charge >= 0.3 is 0 Å². The number of pyridine rings is 2. The molecule has 6 heteroatoms. The van der Waals surface area contributed by atoms with Crippen molar-refractivity contribution in [2.75, 3.05) is 18.0 Å². The number of aliphatic hydroxyl groups is 1. The number of fused-ring (bicyclic) bond motifs is 1. The van der Waals surface area contributed by atoms with Gasteiger partial charge in [-0.05, 0) is 38.3 Å². The van der Waals surface area contributed by atoms with Gasteiger partial charge in [0.05, 0.1) is 16.9 Å². The molecule has 0 atom stereocenters. The lowest BCUT2D eigenvalue weighted by Crippen LogP contribution is -2.53. The molecule has 0 radical (unpaired) electrons. The van der Waals surface area contributed by atoms with E-state index < -0.39 is 5.60 Å². The van der Waals surface area contributed by atoms with Gasteiger partial charge in [0, 0.05) is 36.9 Å². The number of carbonyl (C=O) groups is 1. The Morgan fingerprint density at radius 1 is 1.39 bits per heavy atom. The quantitative estimate of drug-likeness (QED) is 0.897. The van der Waals surface area contributed by atoms with Gasteiger partial charge in [0.2, 0.25) is 0 Å². The van der Waals surface area contributed by atoms with Crippen LogP contribution in [0.15, 0.2) is 24.5 Å². The molecule has 0 bridgehead atoms. The maximum absolute atomic E-state index is 12.7. The van der Waals surface area contributed by atoms with Gasteiger partial charge in [-0.15, -0.1) is 0 Å². The highest BCUT2D eigenvalue weighted by Gasteiger charge is 2.39. The fourth-order valence-electron chi connectivity index (χ4n) is 3.43. The van der Waals surface area contributed by atoms with E-state index in [4.69, 9.17) is 0 Å². The first-order valence-corrected chi connectivity index (χ1v) is 8.05. The zero-order valence-electron chi connectivity index (χ0n) is 13.1. The summed E-state index contributed by atoms with van der Waals surface area (Å²) in [5.41, 5.74) is 1.54. The van der Waals surface area contributed by atoms with Crippen LogP contribution >= 0.6 is 0 Å². The summed E-state index contributed by atoms with van der Waals surface area (Å²) in [6, 6.07) is 3.87. The number of rotatable bonds is 3. The van der Waals surface area contributed by atoms with E-state index in [1.807, 2.05) is 12.1 Å². The monoisotopic (exact) mass is 312 g/mol. The van der Waals surface area contributed by atoms with E-state index in [0.717, 1.165) is 30.6 Å². The van der Waals surface area contributed by atoms with Gasteiger partial charge in [-0.2, -0.15) is 0 Å². The molecule has 6 nitrogen and oxygen atoms in total. The average Bonchev–Trinajstić information content (AvgIpc) is 2.43. The summed E-state index contributed by atoms with van der Waals surface area (Å²) in [4.78, 5) is 23.5. The standard InChI is InChI=1S/C17H20N4O2/c1-17(23)8-11(9-17)20-16(22)13-10-19-15-12(4-2-5-18-15)14(13)21-6-3-7-21/h2,4-5,10-11,23H,3,6-9H2,1H3,(H,20,22). The number of hydrogen-bond donors (Lipinski definition) is 2. The summed E-state index contributed by atoms with van der Waals surface area (Å²) in [7, 11) is 0. The highest BCUT2D eigenvalue weighted by atomic mass is 16.3. The molecule has 2 aromatic rings. The lowest BCUT2D eigenvalue weighted by molar-refractivity contribution is -0.0366. The van der Waals surface area contributed by atoms with Gasteiger partial charge in [-0.1, -0.05) is 0 Å². The lowest BCUT2D eigenvalue weighted by Gasteiger charge is -2.41. The molecule has 0 unspecified atom stereocenters. The van der Waals surface area contributed by atoms with Crippen molar-refractivity contribution in [2.45, 2.75) is 37.8 Å². The Labute approximate surface area is 134 Å². The first-order valence-electron chi connectivity index (χ1n) is 8.05. The Bertz CT molecular complexity index is 762. The van der Waals surface area contributed by atoms with Crippen LogP contribution in [0.2, 0.25) is 0 Å². The maximum atomic E-state index is 12.7. The van der Waals surface area contributed by atoms with Gasteiger partial charge < -0.3 is 15.3 Å². The second-order valence-electron chi connectivity index (χ2n) is 6.81. The molecule has 2 fully saturated rings. The smallest absolute Gasteiger partial charge is 0.255 e. The molecule has 2 aromatic heterocycles. The molecular formula is C17H20N4O2. The number of nitrogens with zero attached hydrogens (tertiary/aromatic N) is 3. The third kappa shape index (κ3) is 2.53. The van der Waals surface area contributed by atoms with Crippen LogP contribution in [0.1, 0.15) is 36.5 Å². The lowest BCUT2D eigenvalue weighted by atomic mass is 9.77. The summed E-state index contributed by atoms with van der Waals surface area (Å²) < 4.78 is 0. The second-order valence-corrected chi connectivity index (χ2v) is 6.81. The van der Waals surface area contributed by atoms with E-state index in [1.54, 1.807) is 19.3 Å². The Balaban J connectivity index is 1.67. The first kappa shape index (κ1) is 14.4. The summed E-state index contributed by atoms with van der Waals surface area (Å²) in [5.74, 6) is -0.120. The fraction of sp³-hybridized carbons (Fsp3) is 0.471. The van der Waals surface area contributed by atoms with E-state index in [2.05, 4.69) is 20.2 Å². The SMILES string of the molecule is CC1(O)CC(NC(=O)c2cnc3ncccc3c2N2CCC2)C1. The van der Waals surface area contributed by atoms with Crippen LogP contribution in [0.4, 0.5) is 5.69 Å². The number of nitrogens with one attached hydrogen (secondary N) is 1. The normalized spacial score (nSPS) is 26.5. The van der Waals surface area contributed by atoms with Crippen molar-refractivity contribution in [1.82, 2.24) is 15.3 Å². The molecule has 2 aliphatic rings. The molecule has 1 aliphatic carbocycles. The molecule has 1 saturated heterocycles. The Morgan fingerprint density at radius 2 is 2.17 bits per heavy atom. The number of aromatic nitrogens is 2. The predicted octanol–water partition coefficient (Wildman–Crippen LogP) is 1.48. The van der Waals surface area contributed by atoms with Crippen molar-refractivity contribution in [3.8, 4) is 0 Å². The topological polar surface area (TPSA) is 78.3 Å². The average molecular weight is 312 g/mol. The summed E-state index contributed by atoms with van der Waals surface area (Å²) in [5, 5.41) is 13.7. The van der Waals surface area contributed by atoms with E-state index in [9.17, 15) is 9.90 Å². The van der Waals surface area contributed by atoms with E-state index >= 15 is 0 Å². The number of anilines is 1. The largest absolute Gasteiger partial charge is 0.390 e. The van der Waals surface area contributed by atoms with E-state index in [0.29, 0.717) is 24.1 Å². The van der Waals surface area contributed by atoms with Gasteiger partial charge in [0.1, 0.15) is 0 Å². The minimum Gasteiger partial charge on any atom is -0.390 e. The van der Waals surface area contributed by atoms with Crippen molar-refractivity contribution >= 4 is 22.6 Å². The molecule has 0 spiro atoms. The maximum Gasteiger partial charge on any atom is 0.255 e. The van der Waals surface area contributed by atoms with Crippen LogP contribution in [-0.2, 0) is 0 Å². The minimum atomic E-state index is -0.649. The van der Waals surface area contributed by atoms with Gasteiger partial charge in [-0.3, -0.25) is 4.79 Å². The molecule has 120 valence electrons. The second kappa shape index (κ2) is 5.16. The Morgan fingerprint density at radius 3 is 2.83 bits per heavy atom. The van der Waals surface area contributed by atoms with Gasteiger partial charge in [0.15, 0.2) is 5.65 Å². The highest BCUT2D eigenvalue weighted by molar-refractivity contribution is 6.07. The van der Waals surface area contributed by atoms with Crippen LogP contribution in [0.25, 0.3) is 11.0 Å². The molecular weight excluding hydrogens is 292 g/mol. The summed E-state index contributed by atoms with van der Waals surface area (Å²) in [6.45, 7) is 3.70. The van der Waals surface area contributed by atoms with Crippen molar-refractivity contribution in [1.29, 1.82) is 0 Å². The Kier molecular flexibility index (Phi) is 3.23. The summed E-state index contributed by atoms with van der Waals surface area (Å²) in [6.07, 6.45) is 5.66. The number of hydrogen-bond acceptors (Lipinski definition) is 5. The van der Waals surface area contributed by atoms with Crippen LogP contribution in [0.5, 0.6) is 0 Å². The molecule has 0 aromatic carbocycles. The fourth-order valence-corrected chi connectivity index (χ4v) is 3.43. The zero-order valence-corrected chi connectivity index (χ0v) is 13.1. The number of amides is 1. The highest BCUT2D eigenvalue weighted by Crippen LogP contribution is 2.34. The van der Waals surface area contributed by atoms with Crippen molar-refractivity contribution in [3.63, 3.8) is 0 Å². The van der Waals surface area contributed by atoms with E-state index in [-0.39, 0.29) is 11.9 Å². The van der Waals surface area contributed by atoms with Crippen LogP contribution in [0, 0.1) is 0 Å². The molecule has 23 heavy (non-hydrogen) atoms. The van der Waals surface area contributed by atoms with Crippen LogP contribution in [-0.4, -0.2) is 45.7 Å². The van der Waals surface area contributed by atoms with Gasteiger partial charge in [-0.25, -0.2) is 9.97 Å². The molecule has 3 heterocycles. The zero-order chi connectivity index (χ0) is 16.0. The molecule has 4 rings (SSSR count). The van der Waals surface area contributed by atoms with Crippen molar-refractivity contribution in [2.24, 2.45) is 0 Å². The van der Waals surface area contributed by atoms with Crippen LogP contribution in [0.3, 0.4) is 0 Å².